The zero-order valence-corrected chi connectivity index (χ0v) is 28.7. The maximum atomic E-state index is 10.5. The predicted molar refractivity (Wildman–Crippen MR) is 191 cm³/mol. The second-order valence-corrected chi connectivity index (χ2v) is 12.9. The van der Waals surface area contributed by atoms with Gasteiger partial charge in [0.1, 0.15) is 18.5 Å². The number of halogens is 1. The first-order chi connectivity index (χ1) is 24.0. The average molecular weight is 679 g/mol. The van der Waals surface area contributed by atoms with Crippen LogP contribution in [-0.4, -0.2) is 37.1 Å². The standard InChI is InChI=1S/C42H43ClO6/c1-30-39(26-44)49-42(45-2,41(48-29-34-16-10-5-11-17-34)40(30)47-28-33-14-8-4-9-15-33)36-20-23-38(43)35(25-36)24-31-18-21-37(22-19-31)46-27-32-12-6-3-7-13-32/h3-23,25,30,39-41,44H,24,26-29H2,1-2H3/t30-,39-,40+,41-,42+/m1/s1. The molecule has 1 saturated heterocycles. The van der Waals surface area contributed by atoms with E-state index in [4.69, 9.17) is 35.3 Å². The zero-order valence-electron chi connectivity index (χ0n) is 27.9. The molecule has 0 bridgehead atoms. The topological polar surface area (TPSA) is 66.4 Å². The van der Waals surface area contributed by atoms with Crippen molar-refractivity contribution in [3.8, 4) is 5.75 Å². The molecule has 6 rings (SSSR count). The van der Waals surface area contributed by atoms with E-state index in [1.165, 1.54) is 0 Å². The second-order valence-electron chi connectivity index (χ2n) is 12.4. The van der Waals surface area contributed by atoms with E-state index < -0.39 is 24.1 Å². The van der Waals surface area contributed by atoms with Crippen molar-refractivity contribution in [2.75, 3.05) is 13.7 Å². The quantitative estimate of drug-likeness (QED) is 0.127. The monoisotopic (exact) mass is 678 g/mol. The lowest BCUT2D eigenvalue weighted by atomic mass is 9.82. The van der Waals surface area contributed by atoms with Crippen molar-refractivity contribution >= 4 is 11.6 Å². The van der Waals surface area contributed by atoms with Gasteiger partial charge in [-0.05, 0) is 58.5 Å². The predicted octanol–water partition coefficient (Wildman–Crippen LogP) is 8.51. The molecule has 5 aromatic rings. The molecule has 1 aliphatic rings. The molecular formula is C42H43ClO6. The molecule has 1 fully saturated rings. The van der Waals surface area contributed by atoms with E-state index in [0.717, 1.165) is 39.1 Å². The molecule has 1 heterocycles. The van der Waals surface area contributed by atoms with Crippen molar-refractivity contribution in [2.45, 2.75) is 57.3 Å². The van der Waals surface area contributed by atoms with Crippen LogP contribution < -0.4 is 4.74 Å². The third-order valence-electron chi connectivity index (χ3n) is 9.16. The van der Waals surface area contributed by atoms with E-state index in [-0.39, 0.29) is 12.5 Å². The summed E-state index contributed by atoms with van der Waals surface area (Å²) in [4.78, 5) is 0. The van der Waals surface area contributed by atoms with Gasteiger partial charge in [0.05, 0.1) is 32.0 Å². The number of hydrogen-bond acceptors (Lipinski definition) is 6. The number of rotatable bonds is 14. The summed E-state index contributed by atoms with van der Waals surface area (Å²) < 4.78 is 32.5. The van der Waals surface area contributed by atoms with Gasteiger partial charge in [-0.2, -0.15) is 0 Å². The number of ether oxygens (including phenoxy) is 5. The van der Waals surface area contributed by atoms with Gasteiger partial charge >= 0.3 is 0 Å². The second kappa shape index (κ2) is 16.6. The Bertz CT molecular complexity index is 1730. The third-order valence-corrected chi connectivity index (χ3v) is 9.53. The smallest absolute Gasteiger partial charge is 0.224 e. The number of methoxy groups -OCH3 is 1. The fraction of sp³-hybridized carbons (Fsp3) is 0.286. The normalized spacial score (nSPS) is 22.1. The number of aliphatic hydroxyl groups excluding tert-OH is 1. The van der Waals surface area contributed by atoms with Crippen molar-refractivity contribution in [1.82, 2.24) is 0 Å². The minimum Gasteiger partial charge on any atom is -0.489 e. The summed E-state index contributed by atoms with van der Waals surface area (Å²) in [5, 5.41) is 11.2. The molecule has 5 aromatic carbocycles. The first-order valence-electron chi connectivity index (χ1n) is 16.7. The van der Waals surface area contributed by atoms with Crippen LogP contribution in [0.3, 0.4) is 0 Å². The molecule has 5 atom stereocenters. The fourth-order valence-electron chi connectivity index (χ4n) is 6.38. The largest absolute Gasteiger partial charge is 0.489 e. The van der Waals surface area contributed by atoms with Crippen molar-refractivity contribution < 1.29 is 28.8 Å². The number of benzene rings is 5. The molecule has 0 spiro atoms. The van der Waals surface area contributed by atoms with Crippen LogP contribution in [0.2, 0.25) is 5.02 Å². The van der Waals surface area contributed by atoms with Gasteiger partial charge in [0, 0.05) is 23.6 Å². The highest BCUT2D eigenvalue weighted by Crippen LogP contribution is 2.45. The Morgan fingerprint density at radius 3 is 1.84 bits per heavy atom. The Labute approximate surface area is 294 Å². The van der Waals surface area contributed by atoms with Crippen molar-refractivity contribution in [1.29, 1.82) is 0 Å². The Hall–Kier alpha value is -4.01. The molecule has 0 aromatic heterocycles. The summed E-state index contributed by atoms with van der Waals surface area (Å²) in [5.74, 6) is -0.803. The highest BCUT2D eigenvalue weighted by atomic mass is 35.5. The molecule has 1 aliphatic heterocycles. The molecule has 6 nitrogen and oxygen atoms in total. The molecule has 0 aliphatic carbocycles. The van der Waals surface area contributed by atoms with Crippen LogP contribution in [0, 0.1) is 5.92 Å². The van der Waals surface area contributed by atoms with Gasteiger partial charge in [0.25, 0.3) is 0 Å². The van der Waals surface area contributed by atoms with E-state index >= 15 is 0 Å². The van der Waals surface area contributed by atoms with Gasteiger partial charge in [-0.15, -0.1) is 0 Å². The van der Waals surface area contributed by atoms with Gasteiger partial charge in [-0.1, -0.05) is 128 Å². The lowest BCUT2D eigenvalue weighted by Crippen LogP contribution is -2.62. The van der Waals surface area contributed by atoms with Crippen LogP contribution in [-0.2, 0) is 51.0 Å². The van der Waals surface area contributed by atoms with Gasteiger partial charge in [0.15, 0.2) is 0 Å². The molecule has 49 heavy (non-hydrogen) atoms. The molecular weight excluding hydrogens is 636 g/mol. The van der Waals surface area contributed by atoms with Gasteiger partial charge in [-0.3, -0.25) is 0 Å². The van der Waals surface area contributed by atoms with Crippen LogP contribution >= 0.6 is 11.6 Å². The van der Waals surface area contributed by atoms with Gasteiger partial charge in [-0.25, -0.2) is 0 Å². The van der Waals surface area contributed by atoms with E-state index in [9.17, 15) is 5.11 Å². The summed E-state index contributed by atoms with van der Waals surface area (Å²) >= 11 is 6.82. The Kier molecular flexibility index (Phi) is 11.8. The Morgan fingerprint density at radius 1 is 0.694 bits per heavy atom. The molecule has 0 saturated carbocycles. The van der Waals surface area contributed by atoms with Crippen LogP contribution in [0.15, 0.2) is 133 Å². The maximum absolute atomic E-state index is 10.5. The molecule has 0 unspecified atom stereocenters. The fourth-order valence-corrected chi connectivity index (χ4v) is 6.57. The van der Waals surface area contributed by atoms with E-state index in [1.54, 1.807) is 7.11 Å². The van der Waals surface area contributed by atoms with E-state index in [1.807, 2.05) is 128 Å². The molecule has 254 valence electrons. The summed E-state index contributed by atoms with van der Waals surface area (Å²) in [7, 11) is 1.61. The maximum Gasteiger partial charge on any atom is 0.224 e. The van der Waals surface area contributed by atoms with Crippen LogP contribution in [0.4, 0.5) is 0 Å². The van der Waals surface area contributed by atoms with Gasteiger partial charge < -0.3 is 28.8 Å². The first-order valence-corrected chi connectivity index (χ1v) is 17.1. The van der Waals surface area contributed by atoms with Crippen molar-refractivity contribution in [2.24, 2.45) is 5.92 Å². The highest BCUT2D eigenvalue weighted by Gasteiger charge is 2.56. The lowest BCUT2D eigenvalue weighted by Gasteiger charge is -2.51. The summed E-state index contributed by atoms with van der Waals surface area (Å²) in [6.07, 6.45) is -1.15. The zero-order chi connectivity index (χ0) is 34.1. The summed E-state index contributed by atoms with van der Waals surface area (Å²) in [5.41, 5.74) is 5.87. The van der Waals surface area contributed by atoms with Crippen LogP contribution in [0.1, 0.15) is 40.3 Å². The van der Waals surface area contributed by atoms with E-state index in [2.05, 4.69) is 12.1 Å². The van der Waals surface area contributed by atoms with E-state index in [0.29, 0.717) is 31.3 Å². The third kappa shape index (κ3) is 8.42. The SMILES string of the molecule is CO[C@@]1(c2ccc(Cl)c(Cc3ccc(OCc4ccccc4)cc3)c2)O[C@H](CO)[C@@H](C)[C@H](OCc2ccccc2)[C@H]1OCc1ccccc1. The molecule has 0 radical (unpaired) electrons. The Morgan fingerprint density at radius 2 is 1.27 bits per heavy atom. The summed E-state index contributed by atoms with van der Waals surface area (Å²) in [6.45, 7) is 3.01. The average Bonchev–Trinajstić information content (AvgIpc) is 3.15. The first kappa shape index (κ1) is 34.8. The van der Waals surface area contributed by atoms with Crippen LogP contribution in [0.5, 0.6) is 5.75 Å². The molecule has 0 amide bonds. The van der Waals surface area contributed by atoms with Crippen LogP contribution in [0.25, 0.3) is 0 Å². The van der Waals surface area contributed by atoms with Crippen molar-refractivity contribution in [3.63, 3.8) is 0 Å². The highest BCUT2D eigenvalue weighted by molar-refractivity contribution is 6.31. The minimum absolute atomic E-state index is 0.202. The molecule has 1 N–H and O–H groups in total. The van der Waals surface area contributed by atoms with Crippen molar-refractivity contribution in [3.05, 3.63) is 172 Å². The van der Waals surface area contributed by atoms with Gasteiger partial charge in [0.2, 0.25) is 5.79 Å². The lowest BCUT2D eigenvalue weighted by molar-refractivity contribution is -0.372. The summed E-state index contributed by atoms with van der Waals surface area (Å²) in [6, 6.07) is 44.0. The number of hydrogen-bond donors (Lipinski definition) is 1. The Balaban J connectivity index is 1.29. The number of aliphatic hydroxyl groups is 1. The molecule has 7 heteroatoms. The minimum atomic E-state index is -1.40.